The Morgan fingerprint density at radius 3 is 2.50 bits per heavy atom. The number of alkyl halides is 3. The lowest BCUT2D eigenvalue weighted by molar-refractivity contribution is -0.137. The summed E-state index contributed by atoms with van der Waals surface area (Å²) in [6, 6.07) is 14.2. The molecular weight excluding hydrogens is 519 g/mol. The topological polar surface area (TPSA) is 82.0 Å². The zero-order chi connectivity index (χ0) is 28.0. The maximum Gasteiger partial charge on any atom is 0.416 e. The molecule has 0 aliphatic heterocycles. The molecule has 1 N–H and O–H groups in total. The van der Waals surface area contributed by atoms with Crippen molar-refractivity contribution in [2.45, 2.75) is 20.0 Å². The van der Waals surface area contributed by atoms with Gasteiger partial charge in [0.2, 0.25) is 0 Å². The summed E-state index contributed by atoms with van der Waals surface area (Å²) in [4.78, 5) is 26.0. The molecule has 6 aromatic rings. The smallest absolute Gasteiger partial charge is 0.322 e. The molecule has 40 heavy (non-hydrogen) atoms. The number of nitrogens with one attached hydrogen (secondary N) is 1. The number of halogens is 3. The monoisotopic (exact) mass is 541 g/mol. The van der Waals surface area contributed by atoms with Crippen LogP contribution in [0.4, 0.5) is 18.9 Å². The molecule has 0 saturated heterocycles. The van der Waals surface area contributed by atoms with Gasteiger partial charge < -0.3 is 9.88 Å². The van der Waals surface area contributed by atoms with Crippen molar-refractivity contribution in [2.75, 3.05) is 5.32 Å². The van der Waals surface area contributed by atoms with E-state index in [-0.39, 0.29) is 11.3 Å². The molecule has 11 heteroatoms. The summed E-state index contributed by atoms with van der Waals surface area (Å²) in [5, 5.41) is 2.76. The molecule has 0 fully saturated rings. The van der Waals surface area contributed by atoms with Crippen LogP contribution in [-0.4, -0.2) is 34.6 Å². The number of carbonyl (C=O) groups is 1. The first-order valence-corrected chi connectivity index (χ1v) is 12.3. The minimum Gasteiger partial charge on any atom is -0.322 e. The number of rotatable bonds is 5. The molecule has 8 nitrogen and oxygen atoms in total. The van der Waals surface area contributed by atoms with Gasteiger partial charge in [-0.25, -0.2) is 14.5 Å². The maximum absolute atomic E-state index is 13.7. The molecule has 0 bridgehead atoms. The number of imidazole rings is 2. The molecule has 0 aliphatic carbocycles. The number of fused-ring (bicyclic) bond motifs is 1. The molecule has 6 rings (SSSR count). The van der Waals surface area contributed by atoms with Gasteiger partial charge in [0.05, 0.1) is 23.1 Å². The Morgan fingerprint density at radius 1 is 0.925 bits per heavy atom. The Morgan fingerprint density at radius 2 is 1.77 bits per heavy atom. The first kappa shape index (κ1) is 25.1. The first-order valence-electron chi connectivity index (χ1n) is 12.3. The maximum atomic E-state index is 13.7. The largest absolute Gasteiger partial charge is 0.416 e. The van der Waals surface area contributed by atoms with Crippen LogP contribution in [-0.2, 0) is 6.18 Å². The summed E-state index contributed by atoms with van der Waals surface area (Å²) in [5.74, 6) is -0.173. The zero-order valence-electron chi connectivity index (χ0n) is 21.4. The number of pyridine rings is 1. The van der Waals surface area contributed by atoms with Crippen molar-refractivity contribution in [3.8, 4) is 22.6 Å². The van der Waals surface area contributed by atoms with Crippen LogP contribution >= 0.6 is 0 Å². The van der Waals surface area contributed by atoms with Crippen LogP contribution in [0.1, 0.15) is 27.3 Å². The normalized spacial score (nSPS) is 11.7. The molecule has 0 saturated carbocycles. The molecule has 0 radical (unpaired) electrons. The van der Waals surface area contributed by atoms with Crippen molar-refractivity contribution in [1.82, 2.24) is 28.7 Å². The number of carbonyl (C=O) groups excluding carboxylic acids is 1. The molecule has 200 valence electrons. The lowest BCUT2D eigenvalue weighted by Gasteiger charge is -2.15. The number of benzene rings is 2. The van der Waals surface area contributed by atoms with Crippen LogP contribution in [0, 0.1) is 13.8 Å². The first-order chi connectivity index (χ1) is 19.2. The molecule has 2 aromatic carbocycles. The number of anilines is 1. The molecule has 0 aliphatic rings. The van der Waals surface area contributed by atoms with Crippen molar-refractivity contribution in [2.24, 2.45) is 0 Å². The van der Waals surface area contributed by atoms with Crippen LogP contribution in [0.3, 0.4) is 0 Å². The predicted octanol–water partition coefficient (Wildman–Crippen LogP) is 6.26. The van der Waals surface area contributed by atoms with Gasteiger partial charge in [0.15, 0.2) is 5.65 Å². The number of aromatic nitrogens is 6. The minimum absolute atomic E-state index is 0.128. The summed E-state index contributed by atoms with van der Waals surface area (Å²) in [6.45, 7) is 3.60. The molecule has 4 aromatic heterocycles. The van der Waals surface area contributed by atoms with Crippen LogP contribution in [0.15, 0.2) is 91.8 Å². The minimum atomic E-state index is -4.63. The molecule has 4 heterocycles. The standard InChI is InChI=1S/C29H22F3N7O/c1-18-5-6-23(15-25(18)38-10-7-27-35-17-26(39(27)38)20-4-3-8-33-16-20)36-28(40)21-12-22(29(30,31)32)14-24(13-21)37-11-9-34-19(37)2/h3-17H,1-2H3,(H,36,40). The second kappa shape index (κ2) is 9.53. The van der Waals surface area contributed by atoms with Crippen molar-refractivity contribution >= 4 is 17.2 Å². The predicted molar refractivity (Wildman–Crippen MR) is 144 cm³/mol. The van der Waals surface area contributed by atoms with Gasteiger partial charge >= 0.3 is 6.18 Å². The summed E-state index contributed by atoms with van der Waals surface area (Å²) in [6.07, 6.45) is 5.47. The third-order valence-corrected chi connectivity index (χ3v) is 6.63. The van der Waals surface area contributed by atoms with E-state index in [0.717, 1.165) is 40.3 Å². The van der Waals surface area contributed by atoms with Crippen molar-refractivity contribution in [1.29, 1.82) is 0 Å². The average molecular weight is 542 g/mol. The highest BCUT2D eigenvalue weighted by atomic mass is 19.4. The van der Waals surface area contributed by atoms with Gasteiger partial charge in [-0.15, -0.1) is 0 Å². The Hall–Kier alpha value is -5.19. The summed E-state index contributed by atoms with van der Waals surface area (Å²) in [7, 11) is 0. The Labute approximate surface area is 226 Å². The van der Waals surface area contributed by atoms with E-state index >= 15 is 0 Å². The third-order valence-electron chi connectivity index (χ3n) is 6.63. The molecule has 0 atom stereocenters. The SMILES string of the molecule is Cc1ccc(NC(=O)c2cc(-n3ccnc3C)cc(C(F)(F)F)c2)cc1-n1ccc2ncc(-c3cccnc3)n21. The molecule has 1 amide bonds. The van der Waals surface area contributed by atoms with E-state index in [9.17, 15) is 18.0 Å². The van der Waals surface area contributed by atoms with Crippen molar-refractivity contribution in [3.05, 3.63) is 114 Å². The fraction of sp³-hybridized carbons (Fsp3) is 0.103. The number of hydrogen-bond donors (Lipinski definition) is 1. The summed E-state index contributed by atoms with van der Waals surface area (Å²) < 4.78 is 46.5. The van der Waals surface area contributed by atoms with Gasteiger partial charge in [-0.2, -0.15) is 13.2 Å². The zero-order valence-corrected chi connectivity index (χ0v) is 21.4. The van der Waals surface area contributed by atoms with Gasteiger partial charge in [-0.1, -0.05) is 6.07 Å². The van der Waals surface area contributed by atoms with Gasteiger partial charge in [-0.05, 0) is 61.9 Å². The quantitative estimate of drug-likeness (QED) is 0.279. The Balaban J connectivity index is 1.37. The summed E-state index contributed by atoms with van der Waals surface area (Å²) >= 11 is 0. The number of amides is 1. The fourth-order valence-electron chi connectivity index (χ4n) is 4.64. The van der Waals surface area contributed by atoms with Gasteiger partial charge in [0.25, 0.3) is 5.91 Å². The Bertz CT molecular complexity index is 1870. The highest BCUT2D eigenvalue weighted by Gasteiger charge is 2.32. The average Bonchev–Trinajstić information content (AvgIpc) is 3.66. The van der Waals surface area contributed by atoms with E-state index in [1.165, 1.54) is 16.8 Å². The van der Waals surface area contributed by atoms with Crippen molar-refractivity contribution in [3.63, 3.8) is 0 Å². The highest BCUT2D eigenvalue weighted by Crippen LogP contribution is 2.32. The van der Waals surface area contributed by atoms with Crippen LogP contribution in [0.5, 0.6) is 0 Å². The van der Waals surface area contributed by atoms with E-state index < -0.39 is 17.6 Å². The van der Waals surface area contributed by atoms with E-state index in [0.29, 0.717) is 11.5 Å². The van der Waals surface area contributed by atoms with Crippen LogP contribution in [0.2, 0.25) is 0 Å². The molecule has 0 spiro atoms. The number of nitrogens with zero attached hydrogens (tertiary/aromatic N) is 6. The number of hydrogen-bond acceptors (Lipinski definition) is 4. The summed E-state index contributed by atoms with van der Waals surface area (Å²) in [5.41, 5.74) is 3.67. The molecular formula is C29H22F3N7O. The lowest BCUT2D eigenvalue weighted by atomic mass is 10.1. The van der Waals surface area contributed by atoms with Crippen LogP contribution < -0.4 is 5.32 Å². The second-order valence-corrected chi connectivity index (χ2v) is 9.28. The van der Waals surface area contributed by atoms with E-state index in [1.54, 1.807) is 43.8 Å². The van der Waals surface area contributed by atoms with E-state index in [4.69, 9.17) is 0 Å². The van der Waals surface area contributed by atoms with Gasteiger partial charge in [-0.3, -0.25) is 14.5 Å². The van der Waals surface area contributed by atoms with Gasteiger partial charge in [0.1, 0.15) is 5.82 Å². The van der Waals surface area contributed by atoms with E-state index in [1.807, 2.05) is 46.6 Å². The fourth-order valence-corrected chi connectivity index (χ4v) is 4.64. The Kier molecular flexibility index (Phi) is 5.98. The number of aryl methyl sites for hydroxylation is 2. The van der Waals surface area contributed by atoms with Crippen LogP contribution in [0.25, 0.3) is 28.3 Å². The highest BCUT2D eigenvalue weighted by molar-refractivity contribution is 6.05. The third kappa shape index (κ3) is 4.51. The van der Waals surface area contributed by atoms with Crippen molar-refractivity contribution < 1.29 is 18.0 Å². The molecule has 0 unspecified atom stereocenters. The lowest BCUT2D eigenvalue weighted by Crippen LogP contribution is -2.16. The second-order valence-electron chi connectivity index (χ2n) is 9.28. The van der Waals surface area contributed by atoms with Gasteiger partial charge in [0, 0.05) is 59.6 Å². The van der Waals surface area contributed by atoms with E-state index in [2.05, 4.69) is 20.3 Å².